The van der Waals surface area contributed by atoms with Crippen LogP contribution in [0.5, 0.6) is 0 Å². The number of fused-ring (bicyclic) bond motifs is 2. The lowest BCUT2D eigenvalue weighted by Crippen LogP contribution is -2.56. The van der Waals surface area contributed by atoms with Gasteiger partial charge in [0.1, 0.15) is 0 Å². The van der Waals surface area contributed by atoms with Gasteiger partial charge in [-0.25, -0.2) is 0 Å². The average molecular weight is 351 g/mol. The molecule has 2 aliphatic rings. The zero-order valence-electron chi connectivity index (χ0n) is 13.4. The Morgan fingerprint density at radius 3 is 2.38 bits per heavy atom. The van der Waals surface area contributed by atoms with Crippen molar-refractivity contribution in [2.75, 3.05) is 18.4 Å². The molecule has 0 spiro atoms. The molecule has 2 fully saturated rings. The lowest BCUT2D eigenvalue weighted by molar-refractivity contribution is 0.0518. The molecule has 2 atom stereocenters. The minimum Gasteiger partial charge on any atom is -0.382 e. The fourth-order valence-corrected chi connectivity index (χ4v) is 4.75. The predicted molar refractivity (Wildman–Crippen MR) is 93.8 cm³/mol. The first-order valence-electron chi connectivity index (χ1n) is 8.30. The maximum atomic E-state index is 3.87. The summed E-state index contributed by atoms with van der Waals surface area (Å²) in [4.78, 5) is 2.68. The van der Waals surface area contributed by atoms with E-state index in [0.717, 1.165) is 11.8 Å². The van der Waals surface area contributed by atoms with Crippen molar-refractivity contribution in [2.45, 2.75) is 52.1 Å². The Morgan fingerprint density at radius 1 is 1.14 bits per heavy atom. The second-order valence-corrected chi connectivity index (χ2v) is 8.10. The second-order valence-electron chi connectivity index (χ2n) is 7.19. The zero-order valence-corrected chi connectivity index (χ0v) is 15.0. The molecule has 1 saturated carbocycles. The summed E-state index contributed by atoms with van der Waals surface area (Å²) in [6.07, 6.45) is 4.17. The normalized spacial score (nSPS) is 29.7. The molecule has 1 heterocycles. The summed E-state index contributed by atoms with van der Waals surface area (Å²) >= 11 is 3.62. The van der Waals surface area contributed by atoms with Gasteiger partial charge in [-0.05, 0) is 69.2 Å². The highest BCUT2D eigenvalue weighted by Crippen LogP contribution is 2.37. The molecule has 2 nitrogen and oxygen atoms in total. The third-order valence-corrected chi connectivity index (χ3v) is 5.67. The molecule has 0 aromatic heterocycles. The fraction of sp³-hybridized carbons (Fsp3) is 0.667. The quantitative estimate of drug-likeness (QED) is 0.851. The van der Waals surface area contributed by atoms with Gasteiger partial charge in [0.15, 0.2) is 0 Å². The van der Waals surface area contributed by atoms with Crippen LogP contribution in [-0.2, 0) is 0 Å². The Balaban J connectivity index is 1.76. The molecule has 1 saturated heterocycles. The smallest absolute Gasteiger partial charge is 0.0356 e. The highest BCUT2D eigenvalue weighted by Gasteiger charge is 2.39. The van der Waals surface area contributed by atoms with Crippen LogP contribution in [0.2, 0.25) is 0 Å². The summed E-state index contributed by atoms with van der Waals surface area (Å²) in [7, 11) is 0. The van der Waals surface area contributed by atoms with E-state index in [4.69, 9.17) is 0 Å². The van der Waals surface area contributed by atoms with Crippen molar-refractivity contribution in [1.82, 2.24) is 4.90 Å². The van der Waals surface area contributed by atoms with E-state index in [9.17, 15) is 0 Å². The summed E-state index contributed by atoms with van der Waals surface area (Å²) in [6, 6.07) is 8.00. The highest BCUT2D eigenvalue weighted by atomic mass is 79.9. The number of anilines is 1. The first-order chi connectivity index (χ1) is 10.0. The number of hydrogen-bond donors (Lipinski definition) is 1. The van der Waals surface area contributed by atoms with Crippen LogP contribution in [0, 0.1) is 18.8 Å². The van der Waals surface area contributed by atoms with E-state index < -0.39 is 0 Å². The molecule has 116 valence electrons. The van der Waals surface area contributed by atoms with Gasteiger partial charge in [-0.3, -0.25) is 0 Å². The number of hydrogen-bond acceptors (Lipinski definition) is 2. The third kappa shape index (κ3) is 3.45. The van der Waals surface area contributed by atoms with Crippen molar-refractivity contribution in [1.29, 1.82) is 0 Å². The molecule has 1 aromatic rings. The maximum absolute atomic E-state index is 3.87. The first-order valence-corrected chi connectivity index (χ1v) is 9.10. The molecule has 2 unspecified atom stereocenters. The number of rotatable bonds is 3. The molecule has 3 rings (SSSR count). The molecule has 0 radical (unpaired) electrons. The molecular weight excluding hydrogens is 324 g/mol. The van der Waals surface area contributed by atoms with Crippen molar-refractivity contribution < 1.29 is 0 Å². The van der Waals surface area contributed by atoms with Gasteiger partial charge < -0.3 is 10.2 Å². The maximum Gasteiger partial charge on any atom is 0.0356 e. The van der Waals surface area contributed by atoms with Gasteiger partial charge >= 0.3 is 0 Å². The molecule has 1 aliphatic heterocycles. The van der Waals surface area contributed by atoms with Crippen molar-refractivity contribution >= 4 is 21.6 Å². The Bertz CT molecular complexity index is 466. The van der Waals surface area contributed by atoms with Crippen LogP contribution in [0.4, 0.5) is 5.69 Å². The molecule has 1 N–H and O–H groups in total. The molecule has 21 heavy (non-hydrogen) atoms. The monoisotopic (exact) mass is 350 g/mol. The van der Waals surface area contributed by atoms with Crippen molar-refractivity contribution in [3.8, 4) is 0 Å². The average Bonchev–Trinajstić information content (AvgIpc) is 2.36. The van der Waals surface area contributed by atoms with Gasteiger partial charge in [0.25, 0.3) is 0 Å². The number of piperidine rings is 1. The largest absolute Gasteiger partial charge is 0.382 e. The van der Waals surface area contributed by atoms with Crippen LogP contribution in [-0.4, -0.2) is 30.1 Å². The number of nitrogens with one attached hydrogen (secondary N) is 1. The van der Waals surface area contributed by atoms with E-state index in [1.807, 2.05) is 0 Å². The highest BCUT2D eigenvalue weighted by molar-refractivity contribution is 9.10. The topological polar surface area (TPSA) is 15.3 Å². The Labute approximate surface area is 137 Å². The van der Waals surface area contributed by atoms with Gasteiger partial charge in [0, 0.05) is 35.3 Å². The minimum absolute atomic E-state index is 0.655. The van der Waals surface area contributed by atoms with Crippen LogP contribution in [0.25, 0.3) is 0 Å². The van der Waals surface area contributed by atoms with Crippen molar-refractivity contribution in [2.24, 2.45) is 11.8 Å². The fourth-order valence-electron chi connectivity index (χ4n) is 4.14. The van der Waals surface area contributed by atoms with E-state index >= 15 is 0 Å². The van der Waals surface area contributed by atoms with Crippen LogP contribution >= 0.6 is 15.9 Å². The van der Waals surface area contributed by atoms with Crippen LogP contribution in [0.3, 0.4) is 0 Å². The predicted octanol–water partition coefficient (Wildman–Crippen LogP) is 4.68. The van der Waals surface area contributed by atoms with E-state index in [-0.39, 0.29) is 0 Å². The molecule has 1 aromatic carbocycles. The van der Waals surface area contributed by atoms with Gasteiger partial charge in [0.2, 0.25) is 0 Å². The first kappa shape index (κ1) is 15.4. The van der Waals surface area contributed by atoms with Crippen molar-refractivity contribution in [3.05, 3.63) is 28.2 Å². The van der Waals surface area contributed by atoms with Gasteiger partial charge in [0.05, 0.1) is 0 Å². The van der Waals surface area contributed by atoms with Gasteiger partial charge in [-0.15, -0.1) is 0 Å². The number of aryl methyl sites for hydroxylation is 1. The van der Waals surface area contributed by atoms with Crippen LogP contribution in [0.15, 0.2) is 22.7 Å². The Hall–Kier alpha value is -0.540. The summed E-state index contributed by atoms with van der Waals surface area (Å²) in [5.41, 5.74) is 2.60. The summed E-state index contributed by atoms with van der Waals surface area (Å²) in [5.74, 6) is 1.61. The summed E-state index contributed by atoms with van der Waals surface area (Å²) < 4.78 is 1.18. The van der Waals surface area contributed by atoms with E-state index in [0.29, 0.717) is 12.1 Å². The number of benzene rings is 1. The van der Waals surface area contributed by atoms with Gasteiger partial charge in [-0.1, -0.05) is 22.4 Å². The molecule has 0 amide bonds. The lowest BCUT2D eigenvalue weighted by Gasteiger charge is -2.49. The zero-order chi connectivity index (χ0) is 15.0. The number of likely N-dealkylation sites (tertiary alicyclic amines) is 1. The molecule has 3 heteroatoms. The Kier molecular flexibility index (Phi) is 4.60. The van der Waals surface area contributed by atoms with E-state index in [2.05, 4.69) is 65.1 Å². The molecule has 1 aliphatic carbocycles. The third-order valence-electron chi connectivity index (χ3n) is 5.21. The van der Waals surface area contributed by atoms with Gasteiger partial charge in [-0.2, -0.15) is 0 Å². The summed E-state index contributed by atoms with van der Waals surface area (Å²) in [5, 5.41) is 3.87. The van der Waals surface area contributed by atoms with E-state index in [1.54, 1.807) is 0 Å². The standard InChI is InChI=1S/C18H27BrN2/c1-12(2)21-10-14-5-4-6-15(11-21)18(14)20-17-8-13(3)7-16(19)9-17/h7-9,12,14-15,18,20H,4-6,10-11H2,1-3H3. The number of nitrogens with zero attached hydrogens (tertiary/aromatic N) is 1. The number of halogens is 1. The van der Waals surface area contributed by atoms with E-state index in [1.165, 1.54) is 48.1 Å². The van der Waals surface area contributed by atoms with Crippen LogP contribution in [0.1, 0.15) is 38.7 Å². The second kappa shape index (κ2) is 6.29. The lowest BCUT2D eigenvalue weighted by atomic mass is 9.73. The molecular formula is C18H27BrN2. The van der Waals surface area contributed by atoms with Crippen LogP contribution < -0.4 is 5.32 Å². The Morgan fingerprint density at radius 2 is 1.81 bits per heavy atom. The summed E-state index contributed by atoms with van der Waals surface area (Å²) in [6.45, 7) is 9.36. The molecule has 2 bridgehead atoms. The van der Waals surface area contributed by atoms with Crippen molar-refractivity contribution in [3.63, 3.8) is 0 Å². The SMILES string of the molecule is Cc1cc(Br)cc(NC2C3CCCC2CN(C(C)C)C3)c1. The minimum atomic E-state index is 0.655.